The minimum atomic E-state index is -1.05. The molecule has 0 aliphatic carbocycles. The fourth-order valence-corrected chi connectivity index (χ4v) is 2.67. The van der Waals surface area contributed by atoms with Gasteiger partial charge in [-0.1, -0.05) is 19.9 Å². The predicted molar refractivity (Wildman–Crippen MR) is 92.4 cm³/mol. The number of Topliss-reactive ketones (excluding diaryl/α,β-unsaturated/α-hetero) is 1. The number of esters is 1. The molecule has 134 valence electrons. The molecule has 2 aromatic rings. The number of amides is 1. The van der Waals surface area contributed by atoms with Crippen LogP contribution in [0.2, 0.25) is 0 Å². The van der Waals surface area contributed by atoms with Gasteiger partial charge in [-0.05, 0) is 26.0 Å². The number of nitrogens with one attached hydrogen (secondary N) is 1. The summed E-state index contributed by atoms with van der Waals surface area (Å²) in [6.07, 6.45) is -0.836. The highest BCUT2D eigenvalue weighted by atomic mass is 16.6. The number of rotatable bonds is 7. The van der Waals surface area contributed by atoms with Crippen LogP contribution in [0.1, 0.15) is 36.8 Å². The van der Waals surface area contributed by atoms with Crippen LogP contribution >= 0.6 is 0 Å². The van der Waals surface area contributed by atoms with Crippen molar-refractivity contribution in [3.8, 4) is 5.75 Å². The second kappa shape index (κ2) is 7.38. The number of hydrogen-bond donors (Lipinski definition) is 2. The molecule has 3 N–H and O–H groups in total. The van der Waals surface area contributed by atoms with E-state index in [4.69, 9.17) is 15.2 Å². The summed E-state index contributed by atoms with van der Waals surface area (Å²) < 4.78 is 10.9. The maximum Gasteiger partial charge on any atom is 0.347 e. The zero-order valence-corrected chi connectivity index (χ0v) is 14.7. The zero-order chi connectivity index (χ0) is 18.7. The number of ketones is 1. The molecule has 1 atom stereocenters. The molecule has 0 aliphatic heterocycles. The molecule has 2 rings (SSSR count). The zero-order valence-electron chi connectivity index (χ0n) is 14.7. The third-order valence-electron chi connectivity index (χ3n) is 3.80. The average Bonchev–Trinajstić information content (AvgIpc) is 2.88. The fraction of sp³-hybridized carbons (Fsp3) is 0.389. The molecule has 1 amide bonds. The second-order valence-electron chi connectivity index (χ2n) is 6.03. The van der Waals surface area contributed by atoms with E-state index in [1.54, 1.807) is 32.0 Å². The molecular formula is C18H22N2O5. The summed E-state index contributed by atoms with van der Waals surface area (Å²) >= 11 is 0. The van der Waals surface area contributed by atoms with Gasteiger partial charge < -0.3 is 20.2 Å². The maximum atomic E-state index is 12.2. The van der Waals surface area contributed by atoms with Crippen molar-refractivity contribution < 1.29 is 23.9 Å². The van der Waals surface area contributed by atoms with E-state index in [-0.39, 0.29) is 18.1 Å². The Labute approximate surface area is 145 Å². The number of aromatic amines is 1. The molecule has 0 spiro atoms. The Morgan fingerprint density at radius 2 is 1.92 bits per heavy atom. The summed E-state index contributed by atoms with van der Waals surface area (Å²) in [6, 6.07) is 5.12. The number of benzene rings is 1. The van der Waals surface area contributed by atoms with Gasteiger partial charge in [0.05, 0.1) is 23.1 Å². The van der Waals surface area contributed by atoms with Crippen molar-refractivity contribution in [3.05, 3.63) is 29.5 Å². The summed E-state index contributed by atoms with van der Waals surface area (Å²) in [6.45, 7) is 7.30. The molecule has 7 heteroatoms. The van der Waals surface area contributed by atoms with Gasteiger partial charge in [0, 0.05) is 11.6 Å². The Hall–Kier alpha value is -2.83. The number of fused-ring (bicyclic) bond motifs is 1. The molecule has 1 aromatic heterocycles. The minimum absolute atomic E-state index is 0.148. The van der Waals surface area contributed by atoms with Gasteiger partial charge in [-0.3, -0.25) is 9.59 Å². The third kappa shape index (κ3) is 3.65. The number of carbonyl (C=O) groups excluding carboxylic acids is 3. The molecule has 7 nitrogen and oxygen atoms in total. The van der Waals surface area contributed by atoms with Crippen LogP contribution < -0.4 is 10.5 Å². The molecule has 1 aromatic carbocycles. The van der Waals surface area contributed by atoms with E-state index in [1.807, 2.05) is 13.8 Å². The number of primary amides is 1. The summed E-state index contributed by atoms with van der Waals surface area (Å²) in [7, 11) is 0. The van der Waals surface area contributed by atoms with E-state index in [0.717, 1.165) is 0 Å². The lowest BCUT2D eigenvalue weighted by atomic mass is 10.0. The van der Waals surface area contributed by atoms with Crippen LogP contribution in [-0.2, 0) is 14.3 Å². The quantitative estimate of drug-likeness (QED) is 0.453. The lowest BCUT2D eigenvalue weighted by Gasteiger charge is -2.21. The first-order valence-electron chi connectivity index (χ1n) is 8.06. The summed E-state index contributed by atoms with van der Waals surface area (Å²) in [4.78, 5) is 38.8. The van der Waals surface area contributed by atoms with Gasteiger partial charge in [0.25, 0.3) is 11.7 Å². The van der Waals surface area contributed by atoms with Crippen molar-refractivity contribution in [2.45, 2.75) is 33.8 Å². The van der Waals surface area contributed by atoms with E-state index in [0.29, 0.717) is 22.3 Å². The van der Waals surface area contributed by atoms with E-state index in [1.165, 1.54) is 0 Å². The van der Waals surface area contributed by atoms with Crippen LogP contribution in [0, 0.1) is 12.8 Å². The van der Waals surface area contributed by atoms with E-state index in [2.05, 4.69) is 4.98 Å². The molecule has 1 heterocycles. The Bertz CT molecular complexity index is 822. The van der Waals surface area contributed by atoms with Crippen molar-refractivity contribution in [2.75, 3.05) is 6.61 Å². The lowest BCUT2D eigenvalue weighted by molar-refractivity contribution is -0.153. The van der Waals surface area contributed by atoms with Crippen molar-refractivity contribution >= 4 is 28.6 Å². The van der Waals surface area contributed by atoms with Crippen molar-refractivity contribution in [1.29, 1.82) is 0 Å². The van der Waals surface area contributed by atoms with Gasteiger partial charge in [0.1, 0.15) is 5.75 Å². The van der Waals surface area contributed by atoms with Gasteiger partial charge >= 0.3 is 5.97 Å². The molecule has 0 saturated carbocycles. The van der Waals surface area contributed by atoms with Crippen molar-refractivity contribution in [1.82, 2.24) is 4.98 Å². The molecule has 0 bridgehead atoms. The average molecular weight is 346 g/mol. The highest BCUT2D eigenvalue weighted by Crippen LogP contribution is 2.33. The van der Waals surface area contributed by atoms with Crippen LogP contribution in [0.25, 0.3) is 10.9 Å². The van der Waals surface area contributed by atoms with Gasteiger partial charge in [-0.15, -0.1) is 0 Å². The fourth-order valence-electron chi connectivity index (χ4n) is 2.67. The SMILES string of the molecule is CCOC(=O)C(Oc1cccc2[nH]c(C)c(C(=O)C(N)=O)c12)C(C)C. The number of aromatic nitrogens is 1. The van der Waals surface area contributed by atoms with Gasteiger partial charge in [0.2, 0.25) is 0 Å². The van der Waals surface area contributed by atoms with Crippen LogP contribution in [-0.4, -0.2) is 35.4 Å². The van der Waals surface area contributed by atoms with Gasteiger partial charge in [-0.2, -0.15) is 0 Å². The number of hydrogen-bond acceptors (Lipinski definition) is 5. The Morgan fingerprint density at radius 1 is 1.24 bits per heavy atom. The van der Waals surface area contributed by atoms with E-state index in [9.17, 15) is 14.4 Å². The Morgan fingerprint density at radius 3 is 2.48 bits per heavy atom. The number of carbonyl (C=O) groups is 3. The van der Waals surface area contributed by atoms with Gasteiger partial charge in [-0.25, -0.2) is 4.79 Å². The third-order valence-corrected chi connectivity index (χ3v) is 3.80. The molecule has 0 fully saturated rings. The Balaban J connectivity index is 2.56. The predicted octanol–water partition coefficient (Wildman–Crippen LogP) is 2.11. The first kappa shape index (κ1) is 18.5. The highest BCUT2D eigenvalue weighted by Gasteiger charge is 2.28. The number of aryl methyl sites for hydroxylation is 1. The standard InChI is InChI=1S/C18H22N2O5/c1-5-24-18(23)16(9(2)3)25-12-8-6-7-11-14(12)13(10(4)20-11)15(21)17(19)22/h6-9,16,20H,5H2,1-4H3,(H2,19,22). The van der Waals surface area contributed by atoms with E-state index >= 15 is 0 Å². The first-order valence-corrected chi connectivity index (χ1v) is 8.06. The Kier molecular flexibility index (Phi) is 5.46. The highest BCUT2D eigenvalue weighted by molar-refractivity contribution is 6.45. The normalized spacial score (nSPS) is 12.2. The molecular weight excluding hydrogens is 324 g/mol. The number of H-pyrrole nitrogens is 1. The largest absolute Gasteiger partial charge is 0.478 e. The molecule has 0 radical (unpaired) electrons. The molecule has 1 unspecified atom stereocenters. The second-order valence-corrected chi connectivity index (χ2v) is 6.03. The van der Waals surface area contributed by atoms with Crippen LogP contribution in [0.3, 0.4) is 0 Å². The minimum Gasteiger partial charge on any atom is -0.478 e. The van der Waals surface area contributed by atoms with Crippen LogP contribution in [0.5, 0.6) is 5.75 Å². The summed E-state index contributed by atoms with van der Waals surface area (Å²) in [5, 5.41) is 0.429. The van der Waals surface area contributed by atoms with E-state index < -0.39 is 23.8 Å². The molecule has 0 aliphatic rings. The van der Waals surface area contributed by atoms with Crippen molar-refractivity contribution in [3.63, 3.8) is 0 Å². The maximum absolute atomic E-state index is 12.2. The summed E-state index contributed by atoms with van der Waals surface area (Å²) in [5.74, 6) is -2.17. The van der Waals surface area contributed by atoms with Gasteiger partial charge in [0.15, 0.2) is 6.10 Å². The van der Waals surface area contributed by atoms with Crippen molar-refractivity contribution in [2.24, 2.45) is 11.7 Å². The summed E-state index contributed by atoms with van der Waals surface area (Å²) in [5.41, 5.74) is 6.44. The lowest BCUT2D eigenvalue weighted by Crippen LogP contribution is -2.34. The van der Waals surface area contributed by atoms with Crippen LogP contribution in [0.4, 0.5) is 0 Å². The first-order chi connectivity index (χ1) is 11.8. The molecule has 25 heavy (non-hydrogen) atoms. The number of nitrogens with two attached hydrogens (primary N) is 1. The topological polar surface area (TPSA) is 111 Å². The van der Waals surface area contributed by atoms with Crippen LogP contribution in [0.15, 0.2) is 18.2 Å². The number of ether oxygens (including phenoxy) is 2. The molecule has 0 saturated heterocycles. The monoisotopic (exact) mass is 346 g/mol. The smallest absolute Gasteiger partial charge is 0.347 e.